The number of halogens is 2. The van der Waals surface area contributed by atoms with E-state index in [2.05, 4.69) is 10.6 Å². The highest BCUT2D eigenvalue weighted by atomic mass is 35.5. The zero-order chi connectivity index (χ0) is 20.8. The summed E-state index contributed by atoms with van der Waals surface area (Å²) < 4.78 is 13.5. The van der Waals surface area contributed by atoms with E-state index in [0.717, 1.165) is 11.1 Å². The molecule has 0 aliphatic rings. The molecule has 1 atom stereocenters. The molecule has 3 aromatic carbocycles. The average Bonchev–Trinajstić information content (AvgIpc) is 2.71. The van der Waals surface area contributed by atoms with Gasteiger partial charge in [-0.2, -0.15) is 0 Å². The Bertz CT molecular complexity index is 1020. The van der Waals surface area contributed by atoms with Crippen molar-refractivity contribution >= 4 is 29.1 Å². The second kappa shape index (κ2) is 9.34. The average molecular weight is 411 g/mol. The van der Waals surface area contributed by atoms with Crippen LogP contribution in [0.5, 0.6) is 0 Å². The van der Waals surface area contributed by atoms with Crippen LogP contribution in [-0.4, -0.2) is 11.8 Å². The summed E-state index contributed by atoms with van der Waals surface area (Å²) in [6.07, 6.45) is -0.0177. The van der Waals surface area contributed by atoms with Crippen molar-refractivity contribution in [2.45, 2.75) is 19.4 Å². The molecule has 3 rings (SSSR count). The van der Waals surface area contributed by atoms with Crippen molar-refractivity contribution in [3.05, 3.63) is 100 Å². The van der Waals surface area contributed by atoms with Crippen LogP contribution in [0.3, 0.4) is 0 Å². The highest BCUT2D eigenvalue weighted by Gasteiger charge is 2.21. The van der Waals surface area contributed by atoms with E-state index in [-0.39, 0.29) is 18.2 Å². The number of carbonyl (C=O) groups is 2. The van der Waals surface area contributed by atoms with Crippen molar-refractivity contribution in [1.82, 2.24) is 5.32 Å². The molecule has 0 fully saturated rings. The molecule has 0 heterocycles. The first-order valence-corrected chi connectivity index (χ1v) is 9.48. The topological polar surface area (TPSA) is 58.2 Å². The molecule has 6 heteroatoms. The summed E-state index contributed by atoms with van der Waals surface area (Å²) in [6.45, 7) is 1.78. The molecule has 0 aliphatic carbocycles. The largest absolute Gasteiger partial charge is 0.345 e. The lowest BCUT2D eigenvalue weighted by atomic mass is 10.0. The lowest BCUT2D eigenvalue weighted by molar-refractivity contribution is -0.116. The smallest absolute Gasteiger partial charge is 0.253 e. The third-order valence-corrected chi connectivity index (χ3v) is 4.82. The van der Waals surface area contributed by atoms with Gasteiger partial charge in [-0.3, -0.25) is 9.59 Å². The summed E-state index contributed by atoms with van der Waals surface area (Å²) in [5.41, 5.74) is 2.26. The van der Waals surface area contributed by atoms with Crippen molar-refractivity contribution in [2.75, 3.05) is 5.32 Å². The van der Waals surface area contributed by atoms with Gasteiger partial charge in [-0.15, -0.1) is 0 Å². The molecule has 29 heavy (non-hydrogen) atoms. The van der Waals surface area contributed by atoms with E-state index >= 15 is 0 Å². The maximum Gasteiger partial charge on any atom is 0.253 e. The van der Waals surface area contributed by atoms with Gasteiger partial charge in [0.1, 0.15) is 5.82 Å². The fraction of sp³-hybridized carbons (Fsp3) is 0.130. The Morgan fingerprint density at radius 1 is 1.00 bits per heavy atom. The third-order valence-electron chi connectivity index (χ3n) is 4.49. The van der Waals surface area contributed by atoms with Gasteiger partial charge in [0.15, 0.2) is 0 Å². The van der Waals surface area contributed by atoms with E-state index in [1.54, 1.807) is 37.3 Å². The van der Waals surface area contributed by atoms with Crippen LogP contribution in [0.4, 0.5) is 10.1 Å². The Kier molecular flexibility index (Phi) is 6.62. The molecule has 0 saturated heterocycles. The Morgan fingerprint density at radius 3 is 2.41 bits per heavy atom. The van der Waals surface area contributed by atoms with Gasteiger partial charge in [0.05, 0.1) is 23.0 Å². The van der Waals surface area contributed by atoms with Gasteiger partial charge in [0, 0.05) is 5.69 Å². The minimum atomic E-state index is -0.575. The molecule has 0 spiro atoms. The molecule has 0 bridgehead atoms. The molecule has 0 aliphatic heterocycles. The molecular weight excluding hydrogens is 391 g/mol. The van der Waals surface area contributed by atoms with Crippen LogP contribution >= 0.6 is 11.6 Å². The Balaban J connectivity index is 1.79. The fourth-order valence-electron chi connectivity index (χ4n) is 2.93. The number of anilines is 1. The van der Waals surface area contributed by atoms with Crippen LogP contribution in [0.1, 0.15) is 33.9 Å². The van der Waals surface area contributed by atoms with E-state index in [9.17, 15) is 14.0 Å². The Hall–Kier alpha value is -3.18. The lowest BCUT2D eigenvalue weighted by Gasteiger charge is -2.20. The minimum Gasteiger partial charge on any atom is -0.345 e. The summed E-state index contributed by atoms with van der Waals surface area (Å²) in [5.74, 6) is -1.15. The second-order valence-corrected chi connectivity index (χ2v) is 7.04. The van der Waals surface area contributed by atoms with Gasteiger partial charge in [-0.05, 0) is 42.3 Å². The van der Waals surface area contributed by atoms with Crippen LogP contribution in [0, 0.1) is 12.7 Å². The van der Waals surface area contributed by atoms with Gasteiger partial charge in [0.25, 0.3) is 5.91 Å². The summed E-state index contributed by atoms with van der Waals surface area (Å²) in [5, 5.41) is 5.92. The molecule has 0 aromatic heterocycles. The number of aryl methyl sites for hydroxylation is 1. The van der Waals surface area contributed by atoms with E-state index in [0.29, 0.717) is 16.3 Å². The van der Waals surface area contributed by atoms with E-state index in [4.69, 9.17) is 11.6 Å². The van der Waals surface area contributed by atoms with Crippen LogP contribution < -0.4 is 10.6 Å². The van der Waals surface area contributed by atoms with Gasteiger partial charge in [-0.25, -0.2) is 4.39 Å². The van der Waals surface area contributed by atoms with Crippen LogP contribution in [0.25, 0.3) is 0 Å². The normalized spacial score (nSPS) is 11.6. The fourth-order valence-corrected chi connectivity index (χ4v) is 3.16. The summed E-state index contributed by atoms with van der Waals surface area (Å²) in [6, 6.07) is 19.5. The molecular formula is C23H20ClFN2O2. The number of benzene rings is 3. The van der Waals surface area contributed by atoms with E-state index in [1.165, 1.54) is 12.1 Å². The first-order valence-electron chi connectivity index (χ1n) is 9.10. The SMILES string of the molecule is Cc1ccc(F)cc1NC(=O)C[C@@H](NC(=O)c1ccccc1Cl)c1ccccc1. The number of hydrogen-bond acceptors (Lipinski definition) is 2. The Labute approximate surface area is 173 Å². The maximum absolute atomic E-state index is 13.5. The molecule has 2 amide bonds. The van der Waals surface area contributed by atoms with Crippen LogP contribution in [0.2, 0.25) is 5.02 Å². The number of carbonyl (C=O) groups excluding carboxylic acids is 2. The minimum absolute atomic E-state index is 0.0177. The Morgan fingerprint density at radius 2 is 1.69 bits per heavy atom. The standard InChI is InChI=1S/C23H20ClFN2O2/c1-15-11-12-17(25)13-20(15)26-22(28)14-21(16-7-3-2-4-8-16)27-23(29)18-9-5-6-10-19(18)24/h2-13,21H,14H2,1H3,(H,26,28)(H,27,29)/t21-/m1/s1. The summed E-state index contributed by atoms with van der Waals surface area (Å²) in [7, 11) is 0. The van der Waals surface area contributed by atoms with Gasteiger partial charge < -0.3 is 10.6 Å². The lowest BCUT2D eigenvalue weighted by Crippen LogP contribution is -2.31. The van der Waals surface area contributed by atoms with Gasteiger partial charge in [-0.1, -0.05) is 60.1 Å². The summed E-state index contributed by atoms with van der Waals surface area (Å²) in [4.78, 5) is 25.3. The van der Waals surface area contributed by atoms with Crippen molar-refractivity contribution in [1.29, 1.82) is 0 Å². The monoisotopic (exact) mass is 410 g/mol. The zero-order valence-electron chi connectivity index (χ0n) is 15.8. The quantitative estimate of drug-likeness (QED) is 0.580. The zero-order valence-corrected chi connectivity index (χ0v) is 16.5. The highest BCUT2D eigenvalue weighted by Crippen LogP contribution is 2.22. The first-order chi connectivity index (χ1) is 13.9. The predicted octanol–water partition coefficient (Wildman–Crippen LogP) is 5.29. The molecule has 2 N–H and O–H groups in total. The molecule has 0 unspecified atom stereocenters. The van der Waals surface area contributed by atoms with Gasteiger partial charge >= 0.3 is 0 Å². The highest BCUT2D eigenvalue weighted by molar-refractivity contribution is 6.33. The third kappa shape index (κ3) is 5.42. The van der Waals surface area contributed by atoms with Crippen molar-refractivity contribution in [2.24, 2.45) is 0 Å². The number of nitrogens with one attached hydrogen (secondary N) is 2. The van der Waals surface area contributed by atoms with Crippen molar-refractivity contribution in [3.63, 3.8) is 0 Å². The van der Waals surface area contributed by atoms with E-state index < -0.39 is 11.9 Å². The molecule has 0 radical (unpaired) electrons. The maximum atomic E-state index is 13.5. The first kappa shape index (κ1) is 20.6. The molecule has 3 aromatic rings. The molecule has 148 valence electrons. The molecule has 4 nitrogen and oxygen atoms in total. The van der Waals surface area contributed by atoms with Gasteiger partial charge in [0.2, 0.25) is 5.91 Å². The van der Waals surface area contributed by atoms with Crippen LogP contribution in [-0.2, 0) is 4.79 Å². The van der Waals surface area contributed by atoms with Crippen molar-refractivity contribution in [3.8, 4) is 0 Å². The number of rotatable bonds is 6. The number of hydrogen-bond donors (Lipinski definition) is 2. The second-order valence-electron chi connectivity index (χ2n) is 6.63. The van der Waals surface area contributed by atoms with Crippen LogP contribution in [0.15, 0.2) is 72.8 Å². The predicted molar refractivity (Wildman–Crippen MR) is 112 cm³/mol. The molecule has 0 saturated carbocycles. The summed E-state index contributed by atoms with van der Waals surface area (Å²) >= 11 is 6.12. The van der Waals surface area contributed by atoms with E-state index in [1.807, 2.05) is 30.3 Å². The van der Waals surface area contributed by atoms with Crippen molar-refractivity contribution < 1.29 is 14.0 Å². The number of amides is 2.